The van der Waals surface area contributed by atoms with Crippen LogP contribution in [0.1, 0.15) is 32.6 Å². The number of rotatable bonds is 5. The minimum atomic E-state index is -3.84. The Balaban J connectivity index is 1.93. The molecule has 0 aliphatic heterocycles. The number of sulfonamides is 1. The second kappa shape index (κ2) is 8.09. The number of para-hydroxylation sites is 2. The van der Waals surface area contributed by atoms with E-state index in [2.05, 4.69) is 10.0 Å². The molecule has 0 radical (unpaired) electrons. The Kier molecular flexibility index (Phi) is 5.75. The second-order valence-corrected chi connectivity index (χ2v) is 8.77. The number of nitrogens with one attached hydrogen (secondary N) is 2. The summed E-state index contributed by atoms with van der Waals surface area (Å²) in [5.74, 6) is -0.352. The van der Waals surface area contributed by atoms with Gasteiger partial charge in [-0.15, -0.1) is 0 Å². The monoisotopic (exact) mass is 408 g/mol. The van der Waals surface area contributed by atoms with Crippen molar-refractivity contribution in [3.63, 3.8) is 0 Å². The summed E-state index contributed by atoms with van der Waals surface area (Å²) in [4.78, 5) is 12.9. The highest BCUT2D eigenvalue weighted by Gasteiger charge is 2.20. The molecule has 1 amide bonds. The van der Waals surface area contributed by atoms with Crippen molar-refractivity contribution in [2.75, 3.05) is 10.0 Å². The van der Waals surface area contributed by atoms with Crippen LogP contribution < -0.4 is 10.0 Å². The first-order valence-corrected chi connectivity index (χ1v) is 10.7. The van der Waals surface area contributed by atoms with E-state index in [1.165, 1.54) is 6.07 Å². The minimum absolute atomic E-state index is 0.0786. The lowest BCUT2D eigenvalue weighted by Gasteiger charge is -2.15. The first-order chi connectivity index (χ1) is 13.7. The fourth-order valence-electron chi connectivity index (χ4n) is 3.12. The van der Waals surface area contributed by atoms with E-state index in [1.54, 1.807) is 31.2 Å². The number of aryl methyl sites for hydroxylation is 4. The van der Waals surface area contributed by atoms with Gasteiger partial charge < -0.3 is 5.32 Å². The van der Waals surface area contributed by atoms with Crippen LogP contribution in [0.15, 0.2) is 65.6 Å². The third kappa shape index (κ3) is 4.49. The average Bonchev–Trinajstić information content (AvgIpc) is 2.66. The summed E-state index contributed by atoms with van der Waals surface area (Å²) < 4.78 is 28.6. The molecule has 0 aromatic heterocycles. The van der Waals surface area contributed by atoms with E-state index in [-0.39, 0.29) is 16.4 Å². The van der Waals surface area contributed by atoms with Gasteiger partial charge >= 0.3 is 0 Å². The standard InChI is InChI=1S/C23H24N2O3S/c1-15-8-5-6-11-20(15)25-29(27,28)21-14-19(13-12-16(21)2)23(26)24-22-17(3)9-7-10-18(22)4/h5-14,25H,1-4H3,(H,24,26). The number of carbonyl (C=O) groups is 1. The van der Waals surface area contributed by atoms with Crippen molar-refractivity contribution in [1.29, 1.82) is 0 Å². The summed E-state index contributed by atoms with van der Waals surface area (Å²) in [6, 6.07) is 17.6. The number of hydrogen-bond acceptors (Lipinski definition) is 3. The number of carbonyl (C=O) groups excluding carboxylic acids is 1. The van der Waals surface area contributed by atoms with Crippen molar-refractivity contribution < 1.29 is 13.2 Å². The molecule has 0 fully saturated rings. The Bertz CT molecular complexity index is 1160. The van der Waals surface area contributed by atoms with Crippen LogP contribution in [0, 0.1) is 27.7 Å². The molecule has 2 N–H and O–H groups in total. The van der Waals surface area contributed by atoms with Gasteiger partial charge in [0.1, 0.15) is 0 Å². The fraction of sp³-hybridized carbons (Fsp3) is 0.174. The van der Waals surface area contributed by atoms with Crippen molar-refractivity contribution in [3.8, 4) is 0 Å². The minimum Gasteiger partial charge on any atom is -0.322 e. The third-order valence-corrected chi connectivity index (χ3v) is 6.36. The van der Waals surface area contributed by atoms with E-state index in [9.17, 15) is 13.2 Å². The highest BCUT2D eigenvalue weighted by Crippen LogP contribution is 2.24. The van der Waals surface area contributed by atoms with Crippen LogP contribution in [0.5, 0.6) is 0 Å². The molecule has 0 bridgehead atoms. The van der Waals surface area contributed by atoms with Crippen LogP contribution in [0.2, 0.25) is 0 Å². The zero-order chi connectivity index (χ0) is 21.2. The van der Waals surface area contributed by atoms with Gasteiger partial charge in [-0.3, -0.25) is 9.52 Å². The number of amides is 1. The molecule has 0 aliphatic carbocycles. The van der Waals surface area contributed by atoms with Gasteiger partial charge in [0.25, 0.3) is 15.9 Å². The fourth-order valence-corrected chi connectivity index (χ4v) is 4.52. The summed E-state index contributed by atoms with van der Waals surface area (Å²) in [5, 5.41) is 2.90. The summed E-state index contributed by atoms with van der Waals surface area (Å²) in [6.45, 7) is 7.37. The topological polar surface area (TPSA) is 75.3 Å². The molecule has 3 aromatic carbocycles. The van der Waals surface area contributed by atoms with E-state index in [0.29, 0.717) is 11.3 Å². The summed E-state index contributed by atoms with van der Waals surface area (Å²) in [5.41, 5.74) is 4.80. The highest BCUT2D eigenvalue weighted by molar-refractivity contribution is 7.92. The third-order valence-electron chi connectivity index (χ3n) is 4.85. The number of benzene rings is 3. The average molecular weight is 409 g/mol. The second-order valence-electron chi connectivity index (χ2n) is 7.12. The molecule has 3 aromatic rings. The van der Waals surface area contributed by atoms with Gasteiger partial charge in [-0.25, -0.2) is 8.42 Å². The van der Waals surface area contributed by atoms with Gasteiger partial charge in [0, 0.05) is 11.3 Å². The van der Waals surface area contributed by atoms with Crippen molar-refractivity contribution >= 4 is 27.3 Å². The van der Waals surface area contributed by atoms with Gasteiger partial charge in [0.2, 0.25) is 0 Å². The maximum Gasteiger partial charge on any atom is 0.262 e. The van der Waals surface area contributed by atoms with Gasteiger partial charge in [0.05, 0.1) is 10.6 Å². The van der Waals surface area contributed by atoms with Crippen molar-refractivity contribution in [1.82, 2.24) is 0 Å². The van der Waals surface area contributed by atoms with Gasteiger partial charge in [-0.2, -0.15) is 0 Å². The summed E-state index contributed by atoms with van der Waals surface area (Å²) in [7, 11) is -3.84. The van der Waals surface area contributed by atoms with Crippen LogP contribution >= 0.6 is 0 Å². The van der Waals surface area contributed by atoms with Crippen LogP contribution in [0.3, 0.4) is 0 Å². The lowest BCUT2D eigenvalue weighted by molar-refractivity contribution is 0.102. The van der Waals surface area contributed by atoms with Gasteiger partial charge in [0.15, 0.2) is 0 Å². The van der Waals surface area contributed by atoms with E-state index in [1.807, 2.05) is 51.1 Å². The van der Waals surface area contributed by atoms with Gasteiger partial charge in [-0.05, 0) is 68.1 Å². The Morgan fingerprint density at radius 2 is 1.38 bits per heavy atom. The molecule has 150 valence electrons. The molecule has 29 heavy (non-hydrogen) atoms. The smallest absolute Gasteiger partial charge is 0.262 e. The Hall–Kier alpha value is -3.12. The maximum atomic E-state index is 13.0. The normalized spacial score (nSPS) is 11.2. The lowest BCUT2D eigenvalue weighted by atomic mass is 10.1. The summed E-state index contributed by atoms with van der Waals surface area (Å²) >= 11 is 0. The molecule has 0 spiro atoms. The maximum absolute atomic E-state index is 13.0. The molecule has 6 heteroatoms. The predicted molar refractivity (Wildman–Crippen MR) is 117 cm³/mol. The van der Waals surface area contributed by atoms with Crippen molar-refractivity contribution in [2.45, 2.75) is 32.6 Å². The molecule has 3 rings (SSSR count). The molecule has 0 saturated heterocycles. The molecule has 0 heterocycles. The number of anilines is 2. The van der Waals surface area contributed by atoms with Crippen LogP contribution in [0.4, 0.5) is 11.4 Å². The van der Waals surface area contributed by atoms with Crippen molar-refractivity contribution in [2.24, 2.45) is 0 Å². The first-order valence-electron chi connectivity index (χ1n) is 9.26. The van der Waals surface area contributed by atoms with E-state index < -0.39 is 10.0 Å². The largest absolute Gasteiger partial charge is 0.322 e. The zero-order valence-electron chi connectivity index (χ0n) is 16.9. The molecular weight excluding hydrogens is 384 g/mol. The van der Waals surface area contributed by atoms with Crippen LogP contribution in [-0.4, -0.2) is 14.3 Å². The molecule has 0 aliphatic rings. The van der Waals surface area contributed by atoms with Crippen LogP contribution in [0.25, 0.3) is 0 Å². The Morgan fingerprint density at radius 1 is 0.759 bits per heavy atom. The van der Waals surface area contributed by atoms with Crippen molar-refractivity contribution in [3.05, 3.63) is 88.5 Å². The first kappa shape index (κ1) is 20.6. The predicted octanol–water partition coefficient (Wildman–Crippen LogP) is 4.97. The van der Waals surface area contributed by atoms with E-state index in [4.69, 9.17) is 0 Å². The number of hydrogen-bond donors (Lipinski definition) is 2. The quantitative estimate of drug-likeness (QED) is 0.626. The zero-order valence-corrected chi connectivity index (χ0v) is 17.7. The highest BCUT2D eigenvalue weighted by atomic mass is 32.2. The molecule has 5 nitrogen and oxygen atoms in total. The van der Waals surface area contributed by atoms with Crippen LogP contribution in [-0.2, 0) is 10.0 Å². The molecule has 0 atom stereocenters. The Labute approximate surface area is 171 Å². The molecule has 0 unspecified atom stereocenters. The molecular formula is C23H24N2O3S. The lowest BCUT2D eigenvalue weighted by Crippen LogP contribution is -2.18. The van der Waals surface area contributed by atoms with E-state index >= 15 is 0 Å². The molecule has 0 saturated carbocycles. The SMILES string of the molecule is Cc1ccccc1NS(=O)(=O)c1cc(C(=O)Nc2c(C)cccc2C)ccc1C. The van der Waals surface area contributed by atoms with Gasteiger partial charge in [-0.1, -0.05) is 42.5 Å². The Morgan fingerprint density at radius 3 is 2.03 bits per heavy atom. The summed E-state index contributed by atoms with van der Waals surface area (Å²) in [6.07, 6.45) is 0. The van der Waals surface area contributed by atoms with E-state index in [0.717, 1.165) is 22.4 Å².